The lowest BCUT2D eigenvalue weighted by atomic mass is 9.95. The molecule has 5 nitrogen and oxygen atoms in total. The number of hydrogen-bond acceptors (Lipinski definition) is 4. The minimum atomic E-state index is 0.153. The number of ketones is 1. The van der Waals surface area contributed by atoms with Gasteiger partial charge in [-0.15, -0.1) is 10.2 Å². The summed E-state index contributed by atoms with van der Waals surface area (Å²) in [5, 5.41) is 12.6. The average molecular weight is 473 g/mol. The highest BCUT2D eigenvalue weighted by Crippen LogP contribution is 2.34. The Balaban J connectivity index is 1.43. The van der Waals surface area contributed by atoms with E-state index in [1.807, 2.05) is 27.0 Å². The molecule has 0 unspecified atom stereocenters. The van der Waals surface area contributed by atoms with Crippen LogP contribution in [0.5, 0.6) is 0 Å². The van der Waals surface area contributed by atoms with Crippen molar-refractivity contribution in [3.05, 3.63) is 76.9 Å². The molecule has 2 aromatic carbocycles. The lowest BCUT2D eigenvalue weighted by molar-refractivity contribution is 0.102. The first-order valence-electron chi connectivity index (χ1n) is 12.2. The van der Waals surface area contributed by atoms with Crippen LogP contribution in [0.15, 0.2) is 53.7 Å². The predicted octanol–water partition coefficient (Wildman–Crippen LogP) is 6.46. The van der Waals surface area contributed by atoms with Crippen molar-refractivity contribution in [1.82, 2.24) is 19.3 Å². The molecule has 1 aliphatic carbocycles. The Morgan fingerprint density at radius 3 is 2.56 bits per heavy atom. The fourth-order valence-electron chi connectivity index (χ4n) is 5.19. The molecule has 176 valence electrons. The lowest BCUT2D eigenvalue weighted by Crippen LogP contribution is -2.17. The number of benzene rings is 2. The Bertz CT molecular complexity index is 1320. The molecule has 1 fully saturated rings. The van der Waals surface area contributed by atoms with Crippen LogP contribution in [0.25, 0.3) is 10.8 Å². The maximum atomic E-state index is 13.0. The molecule has 0 aliphatic heterocycles. The lowest BCUT2D eigenvalue weighted by Gasteiger charge is -2.25. The van der Waals surface area contributed by atoms with Gasteiger partial charge in [0.25, 0.3) is 0 Å². The van der Waals surface area contributed by atoms with Crippen LogP contribution in [0.4, 0.5) is 0 Å². The van der Waals surface area contributed by atoms with E-state index in [2.05, 4.69) is 61.8 Å². The van der Waals surface area contributed by atoms with E-state index in [0.29, 0.717) is 11.8 Å². The fourth-order valence-corrected chi connectivity index (χ4v) is 6.10. The first-order chi connectivity index (χ1) is 16.5. The van der Waals surface area contributed by atoms with Crippen LogP contribution in [-0.4, -0.2) is 30.9 Å². The van der Waals surface area contributed by atoms with Gasteiger partial charge in [0.05, 0.1) is 5.75 Å². The molecule has 0 atom stereocenters. The summed E-state index contributed by atoms with van der Waals surface area (Å²) in [6.07, 6.45) is 6.82. The Morgan fingerprint density at radius 2 is 1.79 bits per heavy atom. The topological polar surface area (TPSA) is 52.7 Å². The maximum Gasteiger partial charge on any atom is 0.191 e. The summed E-state index contributed by atoms with van der Waals surface area (Å²) in [4.78, 5) is 13.0. The molecule has 2 heterocycles. The van der Waals surface area contributed by atoms with Gasteiger partial charge >= 0.3 is 0 Å². The zero-order valence-corrected chi connectivity index (χ0v) is 21.1. The van der Waals surface area contributed by atoms with Crippen molar-refractivity contribution in [2.45, 2.75) is 63.6 Å². The number of carbonyl (C=O) groups is 1. The second kappa shape index (κ2) is 9.79. The number of rotatable bonds is 7. The second-order valence-electron chi connectivity index (χ2n) is 9.43. The van der Waals surface area contributed by atoms with Gasteiger partial charge in [-0.05, 0) is 49.1 Å². The normalized spacial score (nSPS) is 14.7. The van der Waals surface area contributed by atoms with E-state index in [0.717, 1.165) is 47.2 Å². The Morgan fingerprint density at radius 1 is 1.03 bits per heavy atom. The van der Waals surface area contributed by atoms with Gasteiger partial charge in [-0.1, -0.05) is 73.5 Å². The number of aromatic nitrogens is 4. The number of Topliss-reactive ketones (excluding diaryl/α,β-unsaturated/α-hetero) is 1. The van der Waals surface area contributed by atoms with Crippen LogP contribution < -0.4 is 0 Å². The highest BCUT2D eigenvalue weighted by Gasteiger charge is 2.24. The average Bonchev–Trinajstić information content (AvgIpc) is 3.38. The predicted molar refractivity (Wildman–Crippen MR) is 139 cm³/mol. The highest BCUT2D eigenvalue weighted by atomic mass is 32.2. The summed E-state index contributed by atoms with van der Waals surface area (Å²) < 4.78 is 4.42. The van der Waals surface area contributed by atoms with E-state index < -0.39 is 0 Å². The molecule has 6 heteroatoms. The molecule has 4 aromatic rings. The van der Waals surface area contributed by atoms with Crippen LogP contribution in [0, 0.1) is 13.8 Å². The van der Waals surface area contributed by atoms with Gasteiger partial charge in [0, 0.05) is 36.5 Å². The van der Waals surface area contributed by atoms with Crippen molar-refractivity contribution < 1.29 is 4.79 Å². The third kappa shape index (κ3) is 4.43. The maximum absolute atomic E-state index is 13.0. The van der Waals surface area contributed by atoms with E-state index in [1.165, 1.54) is 47.4 Å². The van der Waals surface area contributed by atoms with E-state index in [-0.39, 0.29) is 5.78 Å². The van der Waals surface area contributed by atoms with Gasteiger partial charge in [-0.25, -0.2) is 0 Å². The second-order valence-corrected chi connectivity index (χ2v) is 10.4. The molecule has 0 saturated heterocycles. The summed E-state index contributed by atoms with van der Waals surface area (Å²) in [6.45, 7) is 4.05. The quantitative estimate of drug-likeness (QED) is 0.229. The van der Waals surface area contributed by atoms with Crippen molar-refractivity contribution in [2.24, 2.45) is 7.05 Å². The zero-order valence-electron chi connectivity index (χ0n) is 20.3. The van der Waals surface area contributed by atoms with Crippen molar-refractivity contribution in [1.29, 1.82) is 0 Å². The standard InChI is InChI=1S/C28H32N4OS/c1-19-16-25(20(2)31(19)3)26(33)18-34-28-30-29-27(32(28)23-13-5-4-6-14-23)17-22-12-9-11-21-10-7-8-15-24(21)22/h7-12,15-16,23H,4-6,13-14,17-18H2,1-3H3. The number of hydrogen-bond donors (Lipinski definition) is 0. The van der Waals surface area contributed by atoms with Gasteiger partial charge in [0.2, 0.25) is 0 Å². The molecule has 34 heavy (non-hydrogen) atoms. The fraction of sp³-hybridized carbons (Fsp3) is 0.393. The van der Waals surface area contributed by atoms with Crippen LogP contribution >= 0.6 is 11.8 Å². The van der Waals surface area contributed by atoms with Gasteiger partial charge in [0.15, 0.2) is 10.9 Å². The molecular weight excluding hydrogens is 440 g/mol. The van der Waals surface area contributed by atoms with Crippen molar-refractivity contribution in [3.8, 4) is 0 Å². The highest BCUT2D eigenvalue weighted by molar-refractivity contribution is 7.99. The number of thioether (sulfide) groups is 1. The SMILES string of the molecule is Cc1cc(C(=O)CSc2nnc(Cc3cccc4ccccc34)n2C2CCCCC2)c(C)n1C. The van der Waals surface area contributed by atoms with E-state index in [4.69, 9.17) is 0 Å². The molecule has 0 bridgehead atoms. The van der Waals surface area contributed by atoms with Crippen LogP contribution in [0.1, 0.15) is 71.3 Å². The van der Waals surface area contributed by atoms with Crippen LogP contribution in [0.3, 0.4) is 0 Å². The first-order valence-corrected chi connectivity index (χ1v) is 13.2. The Labute approximate surface area is 205 Å². The minimum absolute atomic E-state index is 0.153. The molecule has 2 aromatic heterocycles. The van der Waals surface area contributed by atoms with E-state index >= 15 is 0 Å². The van der Waals surface area contributed by atoms with Gasteiger partial charge in [-0.2, -0.15) is 0 Å². The number of nitrogens with zero attached hydrogens (tertiary/aromatic N) is 4. The number of fused-ring (bicyclic) bond motifs is 1. The molecule has 0 spiro atoms. The van der Waals surface area contributed by atoms with Gasteiger partial charge < -0.3 is 9.13 Å². The van der Waals surface area contributed by atoms with Crippen molar-refractivity contribution in [2.75, 3.05) is 5.75 Å². The van der Waals surface area contributed by atoms with Crippen molar-refractivity contribution >= 4 is 28.3 Å². The zero-order chi connectivity index (χ0) is 23.7. The Hall–Kier alpha value is -2.86. The summed E-state index contributed by atoms with van der Waals surface area (Å²) in [5.41, 5.74) is 4.21. The third-order valence-corrected chi connectivity index (χ3v) is 8.25. The minimum Gasteiger partial charge on any atom is -0.351 e. The number of carbonyl (C=O) groups excluding carboxylic acids is 1. The van der Waals surface area contributed by atoms with Crippen LogP contribution in [-0.2, 0) is 13.5 Å². The monoisotopic (exact) mass is 472 g/mol. The largest absolute Gasteiger partial charge is 0.351 e. The first kappa shape index (κ1) is 22.9. The number of aryl methyl sites for hydroxylation is 1. The van der Waals surface area contributed by atoms with Crippen LogP contribution in [0.2, 0.25) is 0 Å². The van der Waals surface area contributed by atoms with E-state index in [1.54, 1.807) is 0 Å². The molecule has 1 aliphatic rings. The molecule has 0 radical (unpaired) electrons. The molecular formula is C28H32N4OS. The molecule has 0 N–H and O–H groups in total. The summed E-state index contributed by atoms with van der Waals surface area (Å²) in [6, 6.07) is 17.4. The summed E-state index contributed by atoms with van der Waals surface area (Å²) in [7, 11) is 2.01. The molecule has 5 rings (SSSR count). The summed E-state index contributed by atoms with van der Waals surface area (Å²) >= 11 is 1.53. The smallest absolute Gasteiger partial charge is 0.191 e. The summed E-state index contributed by atoms with van der Waals surface area (Å²) in [5.74, 6) is 1.54. The molecule has 0 amide bonds. The molecule has 1 saturated carbocycles. The van der Waals surface area contributed by atoms with Gasteiger partial charge in [-0.3, -0.25) is 4.79 Å². The van der Waals surface area contributed by atoms with Gasteiger partial charge in [0.1, 0.15) is 5.82 Å². The third-order valence-electron chi connectivity index (χ3n) is 7.31. The Kier molecular flexibility index (Phi) is 6.59. The van der Waals surface area contributed by atoms with Crippen molar-refractivity contribution in [3.63, 3.8) is 0 Å². The van der Waals surface area contributed by atoms with E-state index in [9.17, 15) is 4.79 Å².